The molecule has 0 saturated carbocycles. The van der Waals surface area contributed by atoms with Crippen molar-refractivity contribution in [2.45, 2.75) is 12.3 Å². The van der Waals surface area contributed by atoms with Crippen molar-refractivity contribution in [1.82, 2.24) is 24.3 Å². The van der Waals surface area contributed by atoms with Gasteiger partial charge in [0.2, 0.25) is 5.95 Å². The summed E-state index contributed by atoms with van der Waals surface area (Å²) in [6.45, 7) is 2.16. The van der Waals surface area contributed by atoms with Crippen molar-refractivity contribution in [3.63, 3.8) is 0 Å². The van der Waals surface area contributed by atoms with Gasteiger partial charge in [0, 0.05) is 24.5 Å². The zero-order valence-electron chi connectivity index (χ0n) is 16.1. The van der Waals surface area contributed by atoms with Crippen molar-refractivity contribution in [3.8, 4) is 22.6 Å². The number of likely N-dealkylation sites (N-methyl/N-ethyl adjacent to an activating group) is 1. The van der Waals surface area contributed by atoms with E-state index >= 15 is 0 Å². The minimum Gasteiger partial charge on any atom is -0.368 e. The average Bonchev–Trinajstić information content (AvgIpc) is 3.31. The zero-order chi connectivity index (χ0) is 20.0. The molecule has 6 nitrogen and oxygen atoms in total. The molecule has 4 heterocycles. The Hall–Kier alpha value is -3.32. The van der Waals surface area contributed by atoms with E-state index < -0.39 is 0 Å². The number of fused-ring (bicyclic) bond motifs is 1. The molecule has 2 N–H and O–H groups in total. The summed E-state index contributed by atoms with van der Waals surface area (Å²) in [6, 6.07) is 12.5. The summed E-state index contributed by atoms with van der Waals surface area (Å²) in [7, 11) is 2.15. The quantitative estimate of drug-likeness (QED) is 0.581. The van der Waals surface area contributed by atoms with E-state index in [9.17, 15) is 4.39 Å². The van der Waals surface area contributed by atoms with Crippen LogP contribution in [0.5, 0.6) is 0 Å². The molecule has 4 aromatic rings. The Morgan fingerprint density at radius 2 is 1.93 bits per heavy atom. The molecule has 1 aliphatic heterocycles. The van der Waals surface area contributed by atoms with Crippen molar-refractivity contribution in [3.05, 3.63) is 66.2 Å². The summed E-state index contributed by atoms with van der Waals surface area (Å²) in [6.07, 6.45) is 4.82. The molecule has 1 fully saturated rings. The van der Waals surface area contributed by atoms with Gasteiger partial charge in [0.25, 0.3) is 0 Å². The first kappa shape index (κ1) is 17.8. The molecule has 5 rings (SSSR count). The number of nitrogens with two attached hydrogens (primary N) is 1. The van der Waals surface area contributed by atoms with Gasteiger partial charge < -0.3 is 10.6 Å². The molecule has 0 aliphatic carbocycles. The van der Waals surface area contributed by atoms with Crippen molar-refractivity contribution >= 4 is 11.6 Å². The van der Waals surface area contributed by atoms with Crippen LogP contribution in [0.3, 0.4) is 0 Å². The molecule has 0 amide bonds. The fourth-order valence-corrected chi connectivity index (χ4v) is 4.08. The molecule has 3 aromatic heterocycles. The lowest BCUT2D eigenvalue weighted by molar-refractivity contribution is 0.411. The van der Waals surface area contributed by atoms with Crippen LogP contribution >= 0.6 is 0 Å². The first-order chi connectivity index (χ1) is 14.1. The summed E-state index contributed by atoms with van der Waals surface area (Å²) in [5.41, 5.74) is 11.0. The lowest BCUT2D eigenvalue weighted by atomic mass is 10.00. The highest BCUT2D eigenvalue weighted by molar-refractivity contribution is 5.80. The van der Waals surface area contributed by atoms with Crippen LogP contribution in [0.4, 0.5) is 10.3 Å². The number of likely N-dealkylation sites (tertiary alicyclic amines) is 1. The average molecular weight is 388 g/mol. The molecule has 29 heavy (non-hydrogen) atoms. The van der Waals surface area contributed by atoms with Crippen LogP contribution in [0, 0.1) is 5.82 Å². The smallest absolute Gasteiger partial charge is 0.220 e. The maximum Gasteiger partial charge on any atom is 0.220 e. The van der Waals surface area contributed by atoms with Gasteiger partial charge in [0.05, 0.1) is 17.1 Å². The molecule has 0 radical (unpaired) electrons. The van der Waals surface area contributed by atoms with Crippen LogP contribution in [0.2, 0.25) is 0 Å². The van der Waals surface area contributed by atoms with E-state index in [2.05, 4.69) is 34.0 Å². The second-order valence-electron chi connectivity index (χ2n) is 7.55. The van der Waals surface area contributed by atoms with Gasteiger partial charge in [0.1, 0.15) is 11.5 Å². The van der Waals surface area contributed by atoms with Crippen LogP contribution in [0.1, 0.15) is 17.9 Å². The number of hydrogen-bond acceptors (Lipinski definition) is 5. The van der Waals surface area contributed by atoms with Gasteiger partial charge in [-0.1, -0.05) is 0 Å². The van der Waals surface area contributed by atoms with E-state index in [1.807, 2.05) is 16.7 Å². The van der Waals surface area contributed by atoms with E-state index in [4.69, 9.17) is 10.7 Å². The number of hydrogen-bond donors (Lipinski definition) is 1. The number of nitrogens with zero attached hydrogens (tertiary/aromatic N) is 5. The van der Waals surface area contributed by atoms with Gasteiger partial charge in [-0.3, -0.25) is 4.40 Å². The fourth-order valence-electron chi connectivity index (χ4n) is 4.08. The monoisotopic (exact) mass is 388 g/mol. The maximum absolute atomic E-state index is 13.5. The number of aromatic nitrogens is 4. The third-order valence-corrected chi connectivity index (χ3v) is 5.55. The Morgan fingerprint density at radius 1 is 1.10 bits per heavy atom. The number of halogens is 1. The SMILES string of the molecule is CN1CCC(c2ccn3c(-c4ccnc(N)n4)c(-c4ccc(F)cc4)nc3c2)C1. The van der Waals surface area contributed by atoms with Gasteiger partial charge in [-0.2, -0.15) is 0 Å². The summed E-state index contributed by atoms with van der Waals surface area (Å²) in [4.78, 5) is 15.6. The van der Waals surface area contributed by atoms with Crippen molar-refractivity contribution in [2.75, 3.05) is 25.9 Å². The molecule has 1 aliphatic rings. The van der Waals surface area contributed by atoms with Crippen molar-refractivity contribution < 1.29 is 4.39 Å². The first-order valence-corrected chi connectivity index (χ1v) is 9.64. The molecular formula is C22H21FN6. The second kappa shape index (κ2) is 6.93. The highest BCUT2D eigenvalue weighted by Crippen LogP contribution is 2.34. The minimum absolute atomic E-state index is 0.202. The van der Waals surface area contributed by atoms with Crippen LogP contribution in [0.25, 0.3) is 28.3 Å². The number of imidazole rings is 1. The lowest BCUT2D eigenvalue weighted by Crippen LogP contribution is -2.13. The Balaban J connectivity index is 1.70. The molecule has 0 bridgehead atoms. The normalized spacial score (nSPS) is 17.2. The minimum atomic E-state index is -0.280. The molecule has 146 valence electrons. The van der Waals surface area contributed by atoms with Crippen molar-refractivity contribution in [2.24, 2.45) is 0 Å². The first-order valence-electron chi connectivity index (χ1n) is 9.64. The third kappa shape index (κ3) is 3.23. The zero-order valence-corrected chi connectivity index (χ0v) is 16.1. The Morgan fingerprint density at radius 3 is 2.66 bits per heavy atom. The summed E-state index contributed by atoms with van der Waals surface area (Å²) in [5, 5.41) is 0. The van der Waals surface area contributed by atoms with Crippen LogP contribution in [0.15, 0.2) is 54.9 Å². The molecular weight excluding hydrogens is 367 g/mol. The van der Waals surface area contributed by atoms with E-state index in [-0.39, 0.29) is 11.8 Å². The standard InChI is InChI=1S/C22H21FN6/c1-28-10-7-16(13-28)15-8-11-29-19(12-15)27-20(14-2-4-17(23)5-3-14)21(29)18-6-9-25-22(24)26-18/h2-6,8-9,11-12,16H,7,10,13H2,1H3,(H2,24,25,26). The van der Waals surface area contributed by atoms with Crippen LogP contribution in [-0.2, 0) is 0 Å². The summed E-state index contributed by atoms with van der Waals surface area (Å²) >= 11 is 0. The molecule has 7 heteroatoms. The van der Waals surface area contributed by atoms with Crippen LogP contribution < -0.4 is 5.73 Å². The third-order valence-electron chi connectivity index (χ3n) is 5.55. The predicted octanol–water partition coefficient (Wildman–Crippen LogP) is 3.60. The number of nitrogen functional groups attached to an aromatic ring is 1. The Labute approximate surface area is 167 Å². The highest BCUT2D eigenvalue weighted by atomic mass is 19.1. The largest absolute Gasteiger partial charge is 0.368 e. The van der Waals surface area contributed by atoms with Gasteiger partial charge in [-0.05, 0) is 74.0 Å². The Bertz CT molecular complexity index is 1180. The van der Waals surface area contributed by atoms with Gasteiger partial charge >= 0.3 is 0 Å². The second-order valence-corrected chi connectivity index (χ2v) is 7.55. The number of pyridine rings is 1. The van der Waals surface area contributed by atoms with Gasteiger partial charge in [-0.25, -0.2) is 19.3 Å². The van der Waals surface area contributed by atoms with Crippen molar-refractivity contribution in [1.29, 1.82) is 0 Å². The highest BCUT2D eigenvalue weighted by Gasteiger charge is 2.23. The molecule has 1 atom stereocenters. The van der Waals surface area contributed by atoms with E-state index in [1.165, 1.54) is 17.7 Å². The van der Waals surface area contributed by atoms with E-state index in [0.29, 0.717) is 11.6 Å². The van der Waals surface area contributed by atoms with Gasteiger partial charge in [-0.15, -0.1) is 0 Å². The Kier molecular flexibility index (Phi) is 4.24. The predicted molar refractivity (Wildman–Crippen MR) is 111 cm³/mol. The number of anilines is 1. The lowest BCUT2D eigenvalue weighted by Gasteiger charge is -2.11. The number of benzene rings is 1. The summed E-state index contributed by atoms with van der Waals surface area (Å²) in [5.74, 6) is 0.431. The number of rotatable bonds is 3. The van der Waals surface area contributed by atoms with E-state index in [1.54, 1.807) is 18.3 Å². The summed E-state index contributed by atoms with van der Waals surface area (Å²) < 4.78 is 15.5. The maximum atomic E-state index is 13.5. The fraction of sp³-hybridized carbons (Fsp3) is 0.227. The molecule has 0 spiro atoms. The molecule has 1 unspecified atom stereocenters. The molecule has 1 aromatic carbocycles. The van der Waals surface area contributed by atoms with E-state index in [0.717, 1.165) is 42.1 Å². The topological polar surface area (TPSA) is 72.3 Å². The van der Waals surface area contributed by atoms with Gasteiger partial charge in [0.15, 0.2) is 0 Å². The molecule has 1 saturated heterocycles. The van der Waals surface area contributed by atoms with Crippen LogP contribution in [-0.4, -0.2) is 44.4 Å².